The Balaban J connectivity index is 1.74. The van der Waals surface area contributed by atoms with Gasteiger partial charge in [-0.05, 0) is 48.6 Å². The zero-order valence-electron chi connectivity index (χ0n) is 12.1. The van der Waals surface area contributed by atoms with Gasteiger partial charge in [-0.3, -0.25) is 4.79 Å². The van der Waals surface area contributed by atoms with Crippen LogP contribution in [-0.4, -0.2) is 19.4 Å². The summed E-state index contributed by atoms with van der Waals surface area (Å²) in [6.07, 6.45) is 2.62. The van der Waals surface area contributed by atoms with E-state index >= 15 is 0 Å². The molecule has 0 unspecified atom stereocenters. The number of rotatable bonds is 3. The van der Waals surface area contributed by atoms with E-state index < -0.39 is 0 Å². The third kappa shape index (κ3) is 3.00. The third-order valence-corrected chi connectivity index (χ3v) is 4.54. The summed E-state index contributed by atoms with van der Waals surface area (Å²) in [5.74, 6) is -0.0175. The van der Waals surface area contributed by atoms with Crippen LogP contribution in [0, 0.1) is 5.82 Å². The summed E-state index contributed by atoms with van der Waals surface area (Å²) in [6.45, 7) is 1.63. The first-order chi connectivity index (χ1) is 10.7. The molecule has 0 atom stereocenters. The summed E-state index contributed by atoms with van der Waals surface area (Å²) in [5, 5.41) is 0.429. The van der Waals surface area contributed by atoms with Crippen molar-refractivity contribution in [3.63, 3.8) is 0 Å². The number of hydrogen-bond donors (Lipinski definition) is 0. The number of nitrogens with zero attached hydrogens (tertiary/aromatic N) is 1. The highest BCUT2D eigenvalue weighted by Gasteiger charge is 2.24. The summed E-state index contributed by atoms with van der Waals surface area (Å²) in [4.78, 5) is 13.3. The molecular weight excluding hydrogens is 301 g/mol. The first kappa shape index (κ1) is 15.0. The lowest BCUT2D eigenvalue weighted by atomic mass is 9.88. The second-order valence-electron chi connectivity index (χ2n) is 5.60. The maximum Gasteiger partial charge on any atom is 0.152 e. The second-order valence-corrected chi connectivity index (χ2v) is 6.04. The van der Waals surface area contributed by atoms with Gasteiger partial charge in [0.2, 0.25) is 0 Å². The van der Waals surface area contributed by atoms with Crippen molar-refractivity contribution in [2.45, 2.75) is 18.8 Å². The van der Waals surface area contributed by atoms with Crippen molar-refractivity contribution in [1.82, 2.24) is 0 Å². The van der Waals surface area contributed by atoms with E-state index in [9.17, 15) is 9.18 Å². The molecule has 1 heterocycles. The Morgan fingerprint density at radius 1 is 1.14 bits per heavy atom. The average Bonchev–Trinajstić information content (AvgIpc) is 2.55. The van der Waals surface area contributed by atoms with Crippen molar-refractivity contribution in [1.29, 1.82) is 0 Å². The molecule has 0 spiro atoms. The number of halogens is 2. The maximum absolute atomic E-state index is 14.0. The second kappa shape index (κ2) is 6.49. The highest BCUT2D eigenvalue weighted by Crippen LogP contribution is 2.33. The van der Waals surface area contributed by atoms with Crippen LogP contribution in [0.2, 0.25) is 5.02 Å². The minimum absolute atomic E-state index is 0.205. The summed E-state index contributed by atoms with van der Waals surface area (Å²) in [5.41, 5.74) is 2.42. The maximum atomic E-state index is 14.0. The monoisotopic (exact) mass is 317 g/mol. The van der Waals surface area contributed by atoms with Crippen LogP contribution in [0.15, 0.2) is 42.5 Å². The van der Waals surface area contributed by atoms with Crippen molar-refractivity contribution in [3.8, 4) is 0 Å². The Bertz CT molecular complexity index is 681. The lowest BCUT2D eigenvalue weighted by Crippen LogP contribution is -2.33. The van der Waals surface area contributed by atoms with Crippen LogP contribution in [0.1, 0.15) is 34.7 Å². The molecule has 1 aliphatic heterocycles. The standard InChI is InChI=1S/C18H17ClFNO/c19-15-5-6-16(17(20)11-15)13-7-9-21(10-8-13)18-4-2-1-3-14(18)12-22/h1-6,11-13H,7-10H2. The van der Waals surface area contributed by atoms with Gasteiger partial charge in [-0.15, -0.1) is 0 Å². The number of carbonyl (C=O) groups excluding carboxylic acids is 1. The first-order valence-electron chi connectivity index (χ1n) is 7.43. The van der Waals surface area contributed by atoms with E-state index in [1.54, 1.807) is 12.1 Å². The van der Waals surface area contributed by atoms with Crippen LogP contribution in [0.3, 0.4) is 0 Å². The number of piperidine rings is 1. The zero-order chi connectivity index (χ0) is 15.5. The summed E-state index contributed by atoms with van der Waals surface area (Å²) >= 11 is 5.81. The van der Waals surface area contributed by atoms with Crippen molar-refractivity contribution >= 4 is 23.6 Å². The van der Waals surface area contributed by atoms with Crippen LogP contribution in [0.25, 0.3) is 0 Å². The normalized spacial score (nSPS) is 15.8. The molecule has 2 nitrogen and oxygen atoms in total. The molecule has 1 fully saturated rings. The molecular formula is C18H17ClFNO. The van der Waals surface area contributed by atoms with Crippen LogP contribution >= 0.6 is 11.6 Å². The highest BCUT2D eigenvalue weighted by atomic mass is 35.5. The Morgan fingerprint density at radius 3 is 2.55 bits per heavy atom. The third-order valence-electron chi connectivity index (χ3n) is 4.30. The van der Waals surface area contributed by atoms with Crippen LogP contribution in [-0.2, 0) is 0 Å². The molecule has 0 bridgehead atoms. The Kier molecular flexibility index (Phi) is 4.44. The van der Waals surface area contributed by atoms with Gasteiger partial charge in [0, 0.05) is 29.4 Å². The van der Waals surface area contributed by atoms with Gasteiger partial charge in [-0.2, -0.15) is 0 Å². The van der Waals surface area contributed by atoms with Gasteiger partial charge in [0.05, 0.1) is 0 Å². The topological polar surface area (TPSA) is 20.3 Å². The van der Waals surface area contributed by atoms with E-state index in [1.165, 1.54) is 6.07 Å². The summed E-state index contributed by atoms with van der Waals surface area (Å²) < 4.78 is 14.0. The van der Waals surface area contributed by atoms with E-state index in [2.05, 4.69) is 4.90 Å². The molecule has 4 heteroatoms. The van der Waals surface area contributed by atoms with Crippen molar-refractivity contribution < 1.29 is 9.18 Å². The minimum atomic E-state index is -0.223. The van der Waals surface area contributed by atoms with Crippen LogP contribution < -0.4 is 4.90 Å². The zero-order valence-corrected chi connectivity index (χ0v) is 12.9. The quantitative estimate of drug-likeness (QED) is 0.766. The molecule has 2 aromatic carbocycles. The molecule has 3 rings (SSSR count). The molecule has 1 aliphatic rings. The van der Waals surface area contributed by atoms with Gasteiger partial charge >= 0.3 is 0 Å². The largest absolute Gasteiger partial charge is 0.371 e. The molecule has 114 valence electrons. The molecule has 0 radical (unpaired) electrons. The number of benzene rings is 2. The van der Waals surface area contributed by atoms with E-state index in [0.29, 0.717) is 10.6 Å². The number of carbonyl (C=O) groups is 1. The van der Waals surface area contributed by atoms with Gasteiger partial charge in [0.15, 0.2) is 6.29 Å². The number of para-hydroxylation sites is 1. The fraction of sp³-hybridized carbons (Fsp3) is 0.278. The van der Waals surface area contributed by atoms with E-state index in [0.717, 1.165) is 43.5 Å². The molecule has 0 saturated carbocycles. The SMILES string of the molecule is O=Cc1ccccc1N1CCC(c2ccc(Cl)cc2F)CC1. The predicted molar refractivity (Wildman–Crippen MR) is 87.4 cm³/mol. The smallest absolute Gasteiger partial charge is 0.152 e. The lowest BCUT2D eigenvalue weighted by Gasteiger charge is -2.34. The van der Waals surface area contributed by atoms with Gasteiger partial charge in [-0.1, -0.05) is 29.8 Å². The molecule has 1 saturated heterocycles. The summed E-state index contributed by atoms with van der Waals surface area (Å²) in [7, 11) is 0. The molecule has 0 N–H and O–H groups in total. The van der Waals surface area contributed by atoms with Gasteiger partial charge < -0.3 is 4.90 Å². The molecule has 2 aromatic rings. The highest BCUT2D eigenvalue weighted by molar-refractivity contribution is 6.30. The Hall–Kier alpha value is -1.87. The van der Waals surface area contributed by atoms with Crippen LogP contribution in [0.4, 0.5) is 10.1 Å². The molecule has 0 amide bonds. The minimum Gasteiger partial charge on any atom is -0.371 e. The van der Waals surface area contributed by atoms with Crippen molar-refractivity contribution in [3.05, 3.63) is 64.4 Å². The fourth-order valence-corrected chi connectivity index (χ4v) is 3.30. The van der Waals surface area contributed by atoms with Crippen molar-refractivity contribution in [2.75, 3.05) is 18.0 Å². The van der Waals surface area contributed by atoms with E-state index in [4.69, 9.17) is 11.6 Å². The molecule has 22 heavy (non-hydrogen) atoms. The lowest BCUT2D eigenvalue weighted by molar-refractivity contribution is 0.112. The van der Waals surface area contributed by atoms with E-state index in [1.807, 2.05) is 24.3 Å². The predicted octanol–water partition coefficient (Wildman–Crippen LogP) is 4.68. The molecule has 0 aromatic heterocycles. The number of aldehydes is 1. The first-order valence-corrected chi connectivity index (χ1v) is 7.81. The number of anilines is 1. The number of hydrogen-bond acceptors (Lipinski definition) is 2. The van der Waals surface area contributed by atoms with Gasteiger partial charge in [0.25, 0.3) is 0 Å². The van der Waals surface area contributed by atoms with Gasteiger partial charge in [-0.25, -0.2) is 4.39 Å². The van der Waals surface area contributed by atoms with Gasteiger partial charge in [0.1, 0.15) is 5.82 Å². The van der Waals surface area contributed by atoms with E-state index in [-0.39, 0.29) is 11.7 Å². The Labute approximate surface area is 134 Å². The summed E-state index contributed by atoms with van der Waals surface area (Å²) in [6, 6.07) is 12.5. The average molecular weight is 318 g/mol. The molecule has 0 aliphatic carbocycles. The fourth-order valence-electron chi connectivity index (χ4n) is 3.14. The Morgan fingerprint density at radius 2 is 1.86 bits per heavy atom. The van der Waals surface area contributed by atoms with Crippen molar-refractivity contribution in [2.24, 2.45) is 0 Å². The van der Waals surface area contributed by atoms with Crippen LogP contribution in [0.5, 0.6) is 0 Å².